The average Bonchev–Trinajstić information content (AvgIpc) is 2.88. The summed E-state index contributed by atoms with van der Waals surface area (Å²) in [6.07, 6.45) is 4.06. The van der Waals surface area contributed by atoms with Crippen LogP contribution in [-0.2, 0) is 4.79 Å². The predicted molar refractivity (Wildman–Crippen MR) is 86.4 cm³/mol. The second kappa shape index (κ2) is 6.46. The number of rotatable bonds is 4. The zero-order valence-corrected chi connectivity index (χ0v) is 13.8. The quantitative estimate of drug-likeness (QED) is 0.852. The van der Waals surface area contributed by atoms with E-state index in [0.29, 0.717) is 12.1 Å². The summed E-state index contributed by atoms with van der Waals surface area (Å²) >= 11 is 0. The Labute approximate surface area is 128 Å². The molecule has 1 fully saturated rings. The number of likely N-dealkylation sites (tertiary alicyclic amines) is 1. The molecule has 1 aromatic rings. The van der Waals surface area contributed by atoms with Crippen LogP contribution in [-0.4, -0.2) is 34.4 Å². The largest absolute Gasteiger partial charge is 0.352 e. The van der Waals surface area contributed by atoms with Crippen molar-refractivity contribution in [3.8, 4) is 0 Å². The fourth-order valence-corrected chi connectivity index (χ4v) is 3.36. The van der Waals surface area contributed by atoms with E-state index in [1.165, 1.54) is 0 Å². The van der Waals surface area contributed by atoms with Crippen LogP contribution in [0.1, 0.15) is 59.1 Å². The lowest BCUT2D eigenvalue weighted by Gasteiger charge is -2.32. The van der Waals surface area contributed by atoms with Gasteiger partial charge in [0.05, 0.1) is 6.04 Å². The molecule has 116 valence electrons. The minimum Gasteiger partial charge on any atom is -0.352 e. The molecule has 1 aromatic heterocycles. The molecule has 1 aliphatic rings. The van der Waals surface area contributed by atoms with Crippen LogP contribution in [0, 0.1) is 0 Å². The lowest BCUT2D eigenvalue weighted by atomic mass is 10.1. The second-order valence-corrected chi connectivity index (χ2v) is 6.41. The van der Waals surface area contributed by atoms with Crippen LogP contribution in [0.15, 0.2) is 18.3 Å². The van der Waals surface area contributed by atoms with E-state index in [1.54, 1.807) is 6.92 Å². The van der Waals surface area contributed by atoms with Gasteiger partial charge in [-0.3, -0.25) is 4.79 Å². The number of anilines is 1. The first-order chi connectivity index (χ1) is 9.91. The SMILES string of the molecule is CC(=O)N1CCC[C@H]1c1ccc(N(C(C)C)C(C)C)nc1. The Kier molecular flexibility index (Phi) is 4.86. The molecule has 21 heavy (non-hydrogen) atoms. The van der Waals surface area contributed by atoms with Crippen molar-refractivity contribution in [3.05, 3.63) is 23.9 Å². The lowest BCUT2D eigenvalue weighted by Crippen LogP contribution is -2.37. The maximum Gasteiger partial charge on any atom is 0.219 e. The number of carbonyl (C=O) groups is 1. The highest BCUT2D eigenvalue weighted by molar-refractivity contribution is 5.74. The molecule has 0 bridgehead atoms. The Hall–Kier alpha value is -1.58. The van der Waals surface area contributed by atoms with E-state index in [1.807, 2.05) is 11.1 Å². The average molecular weight is 289 g/mol. The molecule has 0 radical (unpaired) electrons. The van der Waals surface area contributed by atoms with Gasteiger partial charge in [0.25, 0.3) is 0 Å². The molecule has 1 atom stereocenters. The van der Waals surface area contributed by atoms with Crippen molar-refractivity contribution in [3.63, 3.8) is 0 Å². The van der Waals surface area contributed by atoms with Gasteiger partial charge in [-0.1, -0.05) is 6.07 Å². The third-order valence-corrected chi connectivity index (χ3v) is 4.19. The topological polar surface area (TPSA) is 36.4 Å². The standard InChI is InChI=1S/C17H27N3O/c1-12(2)20(13(3)4)17-9-8-15(11-18-17)16-7-6-10-19(16)14(5)21/h8-9,11-13,16H,6-7,10H2,1-5H3/t16-/m0/s1. The summed E-state index contributed by atoms with van der Waals surface area (Å²) in [5.41, 5.74) is 1.15. The molecule has 0 N–H and O–H groups in total. The summed E-state index contributed by atoms with van der Waals surface area (Å²) < 4.78 is 0. The molecule has 1 amide bonds. The van der Waals surface area contributed by atoms with Gasteiger partial charge in [-0.25, -0.2) is 4.98 Å². The van der Waals surface area contributed by atoms with Crippen LogP contribution >= 0.6 is 0 Å². The minimum atomic E-state index is 0.160. The van der Waals surface area contributed by atoms with Gasteiger partial charge in [0.2, 0.25) is 5.91 Å². The van der Waals surface area contributed by atoms with Crippen molar-refractivity contribution in [2.75, 3.05) is 11.4 Å². The van der Waals surface area contributed by atoms with Gasteiger partial charge in [-0.15, -0.1) is 0 Å². The molecule has 1 aliphatic heterocycles. The zero-order chi connectivity index (χ0) is 15.6. The first-order valence-corrected chi connectivity index (χ1v) is 7.93. The number of pyridine rings is 1. The molecular formula is C17H27N3O. The number of nitrogens with zero attached hydrogens (tertiary/aromatic N) is 3. The molecule has 0 aliphatic carbocycles. The highest BCUT2D eigenvalue weighted by Gasteiger charge is 2.28. The van der Waals surface area contributed by atoms with Gasteiger partial charge < -0.3 is 9.80 Å². The van der Waals surface area contributed by atoms with E-state index >= 15 is 0 Å². The van der Waals surface area contributed by atoms with E-state index in [-0.39, 0.29) is 11.9 Å². The molecule has 1 saturated heterocycles. The number of amides is 1. The smallest absolute Gasteiger partial charge is 0.219 e. The Morgan fingerprint density at radius 2 is 1.95 bits per heavy atom. The van der Waals surface area contributed by atoms with Gasteiger partial charge in [0.15, 0.2) is 0 Å². The van der Waals surface area contributed by atoms with Crippen LogP contribution in [0.25, 0.3) is 0 Å². The van der Waals surface area contributed by atoms with Gasteiger partial charge in [0, 0.05) is 31.7 Å². The third-order valence-electron chi connectivity index (χ3n) is 4.19. The molecule has 0 aromatic carbocycles. The van der Waals surface area contributed by atoms with Crippen LogP contribution in [0.4, 0.5) is 5.82 Å². The number of hydrogen-bond acceptors (Lipinski definition) is 3. The van der Waals surface area contributed by atoms with Crippen molar-refractivity contribution in [2.45, 2.75) is 65.6 Å². The maximum atomic E-state index is 11.7. The number of aromatic nitrogens is 1. The highest BCUT2D eigenvalue weighted by atomic mass is 16.2. The van der Waals surface area contributed by atoms with Gasteiger partial charge in [-0.05, 0) is 52.2 Å². The van der Waals surface area contributed by atoms with Gasteiger partial charge in [-0.2, -0.15) is 0 Å². The lowest BCUT2D eigenvalue weighted by molar-refractivity contribution is -0.129. The van der Waals surface area contributed by atoms with Crippen LogP contribution in [0.5, 0.6) is 0 Å². The maximum absolute atomic E-state index is 11.7. The molecule has 0 unspecified atom stereocenters. The van der Waals surface area contributed by atoms with E-state index < -0.39 is 0 Å². The Bertz CT molecular complexity index is 473. The monoisotopic (exact) mass is 289 g/mol. The van der Waals surface area contributed by atoms with Gasteiger partial charge in [0.1, 0.15) is 5.82 Å². The molecule has 4 heteroatoms. The van der Waals surface area contributed by atoms with Crippen molar-refractivity contribution in [1.82, 2.24) is 9.88 Å². The van der Waals surface area contributed by atoms with Crippen LogP contribution in [0.2, 0.25) is 0 Å². The molecule has 0 spiro atoms. The van der Waals surface area contributed by atoms with Crippen molar-refractivity contribution >= 4 is 11.7 Å². The van der Waals surface area contributed by atoms with Gasteiger partial charge >= 0.3 is 0 Å². The van der Waals surface area contributed by atoms with Crippen molar-refractivity contribution < 1.29 is 4.79 Å². The highest BCUT2D eigenvalue weighted by Crippen LogP contribution is 2.32. The molecule has 0 saturated carbocycles. The Balaban J connectivity index is 2.20. The van der Waals surface area contributed by atoms with Crippen molar-refractivity contribution in [2.24, 2.45) is 0 Å². The third kappa shape index (κ3) is 3.36. The first kappa shape index (κ1) is 15.8. The Morgan fingerprint density at radius 1 is 1.29 bits per heavy atom. The molecule has 2 heterocycles. The number of carbonyl (C=O) groups excluding carboxylic acids is 1. The minimum absolute atomic E-state index is 0.160. The summed E-state index contributed by atoms with van der Waals surface area (Å²) in [5.74, 6) is 1.17. The van der Waals surface area contributed by atoms with Crippen LogP contribution < -0.4 is 4.90 Å². The fraction of sp³-hybridized carbons (Fsp3) is 0.647. The molecule has 2 rings (SSSR count). The summed E-state index contributed by atoms with van der Waals surface area (Å²) in [4.78, 5) is 20.6. The summed E-state index contributed by atoms with van der Waals surface area (Å²) in [5, 5.41) is 0. The zero-order valence-electron chi connectivity index (χ0n) is 13.8. The molecule has 4 nitrogen and oxygen atoms in total. The van der Waals surface area contributed by atoms with Crippen LogP contribution in [0.3, 0.4) is 0 Å². The normalized spacial score (nSPS) is 18.6. The number of hydrogen-bond donors (Lipinski definition) is 0. The summed E-state index contributed by atoms with van der Waals surface area (Å²) in [6, 6.07) is 5.26. The van der Waals surface area contributed by atoms with Crippen molar-refractivity contribution in [1.29, 1.82) is 0 Å². The molecular weight excluding hydrogens is 262 g/mol. The second-order valence-electron chi connectivity index (χ2n) is 6.41. The summed E-state index contributed by atoms with van der Waals surface area (Å²) in [6.45, 7) is 11.3. The van der Waals surface area contributed by atoms with E-state index in [0.717, 1.165) is 30.8 Å². The fourth-order valence-electron chi connectivity index (χ4n) is 3.36. The Morgan fingerprint density at radius 3 is 2.43 bits per heavy atom. The summed E-state index contributed by atoms with van der Waals surface area (Å²) in [7, 11) is 0. The van der Waals surface area contributed by atoms with E-state index in [9.17, 15) is 4.79 Å². The first-order valence-electron chi connectivity index (χ1n) is 7.93. The predicted octanol–water partition coefficient (Wildman–Crippen LogP) is 3.39. The van der Waals surface area contributed by atoms with E-state index in [4.69, 9.17) is 0 Å². The van der Waals surface area contributed by atoms with E-state index in [2.05, 4.69) is 49.7 Å².